The molecule has 10 heavy (non-hydrogen) atoms. The van der Waals surface area contributed by atoms with E-state index in [1.807, 2.05) is 6.07 Å². The molecule has 0 heterocycles. The lowest BCUT2D eigenvalue weighted by atomic mass is 9.98. The van der Waals surface area contributed by atoms with Crippen LogP contribution in [-0.4, -0.2) is 0 Å². The maximum absolute atomic E-state index is 12.7. The molecule has 0 unspecified atom stereocenters. The van der Waals surface area contributed by atoms with Crippen molar-refractivity contribution in [2.24, 2.45) is 5.92 Å². The highest BCUT2D eigenvalue weighted by molar-refractivity contribution is 5.29. The van der Waals surface area contributed by atoms with Crippen molar-refractivity contribution in [2.75, 3.05) is 0 Å². The highest BCUT2D eigenvalue weighted by atomic mass is 19.1. The Hall–Kier alpha value is -1.10. The maximum Gasteiger partial charge on any atom is 0.123 e. The second-order valence-electron chi connectivity index (χ2n) is 2.37. The van der Waals surface area contributed by atoms with Crippen LogP contribution in [0.2, 0.25) is 0 Å². The molecule has 0 aromatic rings. The van der Waals surface area contributed by atoms with E-state index < -0.39 is 0 Å². The summed E-state index contributed by atoms with van der Waals surface area (Å²) in [6.45, 7) is 1.71. The van der Waals surface area contributed by atoms with Gasteiger partial charge in [0.25, 0.3) is 0 Å². The monoisotopic (exact) mass is 137 g/mol. The maximum atomic E-state index is 12.7. The first-order valence-corrected chi connectivity index (χ1v) is 3.18. The Kier molecular flexibility index (Phi) is 1.86. The number of rotatable bonds is 0. The number of allylic oxidation sites excluding steroid dienone is 4. The molecule has 1 aliphatic carbocycles. The minimum atomic E-state index is -0.260. The van der Waals surface area contributed by atoms with Crippen molar-refractivity contribution in [2.45, 2.75) is 13.3 Å². The zero-order valence-corrected chi connectivity index (χ0v) is 5.76. The molecule has 0 fully saturated rings. The summed E-state index contributed by atoms with van der Waals surface area (Å²) in [5.74, 6) is -0.513. The molecule has 0 aliphatic heterocycles. The van der Waals surface area contributed by atoms with E-state index in [2.05, 4.69) is 0 Å². The van der Waals surface area contributed by atoms with Gasteiger partial charge in [-0.05, 0) is 25.0 Å². The van der Waals surface area contributed by atoms with Gasteiger partial charge in [0.2, 0.25) is 0 Å². The smallest absolute Gasteiger partial charge is 0.123 e. The van der Waals surface area contributed by atoms with Gasteiger partial charge in [-0.25, -0.2) is 4.39 Å². The van der Waals surface area contributed by atoms with Crippen LogP contribution in [0.5, 0.6) is 0 Å². The molecule has 1 atom stereocenters. The largest absolute Gasteiger partial charge is 0.207 e. The Bertz CT molecular complexity index is 232. The first kappa shape index (κ1) is 7.01. The third-order valence-corrected chi connectivity index (χ3v) is 1.57. The molecule has 0 N–H and O–H groups in total. The molecule has 0 amide bonds. The fourth-order valence-corrected chi connectivity index (χ4v) is 0.867. The van der Waals surface area contributed by atoms with Crippen LogP contribution in [0, 0.1) is 17.2 Å². The number of hydrogen-bond acceptors (Lipinski definition) is 1. The van der Waals surface area contributed by atoms with Crippen molar-refractivity contribution in [3.05, 3.63) is 23.6 Å². The van der Waals surface area contributed by atoms with Gasteiger partial charge in [0.15, 0.2) is 0 Å². The second-order valence-corrected chi connectivity index (χ2v) is 2.37. The average molecular weight is 137 g/mol. The van der Waals surface area contributed by atoms with Gasteiger partial charge in [0.05, 0.1) is 12.0 Å². The van der Waals surface area contributed by atoms with E-state index in [9.17, 15) is 4.39 Å². The molecule has 0 aromatic heterocycles. The predicted molar refractivity (Wildman–Crippen MR) is 36.7 cm³/mol. The van der Waals surface area contributed by atoms with E-state index in [0.29, 0.717) is 12.0 Å². The van der Waals surface area contributed by atoms with E-state index in [1.54, 1.807) is 13.0 Å². The van der Waals surface area contributed by atoms with Crippen LogP contribution in [0.1, 0.15) is 13.3 Å². The lowest BCUT2D eigenvalue weighted by Crippen LogP contribution is -1.97. The zero-order valence-electron chi connectivity index (χ0n) is 5.76. The molecule has 0 aromatic carbocycles. The molecule has 1 rings (SSSR count). The van der Waals surface area contributed by atoms with E-state index in [1.165, 1.54) is 6.08 Å². The van der Waals surface area contributed by atoms with E-state index >= 15 is 0 Å². The average Bonchev–Trinajstić information content (AvgIpc) is 1.95. The third-order valence-electron chi connectivity index (χ3n) is 1.57. The van der Waals surface area contributed by atoms with Crippen molar-refractivity contribution in [1.29, 1.82) is 5.26 Å². The van der Waals surface area contributed by atoms with Crippen LogP contribution >= 0.6 is 0 Å². The number of hydrogen-bond donors (Lipinski definition) is 0. The summed E-state index contributed by atoms with van der Waals surface area (Å²) >= 11 is 0. The normalized spacial score (nSPS) is 24.7. The molecule has 0 saturated heterocycles. The fourth-order valence-electron chi connectivity index (χ4n) is 0.867. The third kappa shape index (κ3) is 1.24. The van der Waals surface area contributed by atoms with Crippen LogP contribution in [-0.2, 0) is 0 Å². The topological polar surface area (TPSA) is 23.8 Å². The predicted octanol–water partition coefficient (Wildman–Crippen LogP) is 2.33. The van der Waals surface area contributed by atoms with Crippen LogP contribution in [0.15, 0.2) is 23.6 Å². The van der Waals surface area contributed by atoms with E-state index in [-0.39, 0.29) is 11.7 Å². The molecule has 0 spiro atoms. The molecule has 0 bridgehead atoms. The van der Waals surface area contributed by atoms with Gasteiger partial charge in [-0.3, -0.25) is 0 Å². The summed E-state index contributed by atoms with van der Waals surface area (Å²) in [6, 6.07) is 1.99. The highest BCUT2D eigenvalue weighted by Gasteiger charge is 2.11. The fraction of sp³-hybridized carbons (Fsp3) is 0.375. The number of nitrogens with zero attached hydrogens (tertiary/aromatic N) is 1. The minimum Gasteiger partial charge on any atom is -0.207 e. The van der Waals surface area contributed by atoms with E-state index in [4.69, 9.17) is 5.26 Å². The van der Waals surface area contributed by atoms with Gasteiger partial charge in [-0.1, -0.05) is 6.08 Å². The SMILES string of the molecule is CC1=CC[C@@H](C#N)C=C1F. The number of halogens is 1. The Labute approximate surface area is 59.5 Å². The van der Waals surface area contributed by atoms with Crippen molar-refractivity contribution >= 4 is 0 Å². The molecule has 0 radical (unpaired) electrons. The summed E-state index contributed by atoms with van der Waals surface area (Å²) in [6.07, 6.45) is 3.77. The Morgan fingerprint density at radius 2 is 2.50 bits per heavy atom. The van der Waals surface area contributed by atoms with Gasteiger partial charge in [0.1, 0.15) is 5.83 Å². The molecular weight excluding hydrogens is 129 g/mol. The van der Waals surface area contributed by atoms with Crippen molar-refractivity contribution in [1.82, 2.24) is 0 Å². The molecule has 2 heteroatoms. The zero-order chi connectivity index (χ0) is 7.56. The van der Waals surface area contributed by atoms with Gasteiger partial charge in [-0.15, -0.1) is 0 Å². The summed E-state index contributed by atoms with van der Waals surface area (Å²) in [5, 5.41) is 8.40. The van der Waals surface area contributed by atoms with Gasteiger partial charge >= 0.3 is 0 Å². The van der Waals surface area contributed by atoms with Crippen molar-refractivity contribution in [3.8, 4) is 6.07 Å². The van der Waals surface area contributed by atoms with Gasteiger partial charge in [0, 0.05) is 0 Å². The number of nitriles is 1. The van der Waals surface area contributed by atoms with E-state index in [0.717, 1.165) is 0 Å². The van der Waals surface area contributed by atoms with Gasteiger partial charge < -0.3 is 0 Å². The summed E-state index contributed by atoms with van der Waals surface area (Å²) < 4.78 is 12.7. The summed E-state index contributed by atoms with van der Waals surface area (Å²) in [5.41, 5.74) is 0.645. The quantitative estimate of drug-likeness (QED) is 0.502. The first-order chi connectivity index (χ1) is 4.74. The molecule has 0 saturated carbocycles. The minimum absolute atomic E-state index is 0.252. The first-order valence-electron chi connectivity index (χ1n) is 3.18. The van der Waals surface area contributed by atoms with Gasteiger partial charge in [-0.2, -0.15) is 5.26 Å². The Morgan fingerprint density at radius 3 is 3.00 bits per heavy atom. The van der Waals surface area contributed by atoms with Crippen LogP contribution in [0.4, 0.5) is 4.39 Å². The lowest BCUT2D eigenvalue weighted by molar-refractivity contribution is 0.619. The standard InChI is InChI=1S/C8H8FN/c1-6-2-3-7(5-10)4-8(6)9/h2,4,7H,3H2,1H3/t7-/m1/s1. The Balaban J connectivity index is 2.78. The summed E-state index contributed by atoms with van der Waals surface area (Å²) in [4.78, 5) is 0. The Morgan fingerprint density at radius 1 is 1.80 bits per heavy atom. The van der Waals surface area contributed by atoms with Crippen LogP contribution < -0.4 is 0 Å². The molecule has 52 valence electrons. The molecule has 1 nitrogen and oxygen atoms in total. The lowest BCUT2D eigenvalue weighted by Gasteiger charge is -2.07. The van der Waals surface area contributed by atoms with Crippen molar-refractivity contribution in [3.63, 3.8) is 0 Å². The van der Waals surface area contributed by atoms with Crippen molar-refractivity contribution < 1.29 is 4.39 Å². The van der Waals surface area contributed by atoms with Crippen LogP contribution in [0.25, 0.3) is 0 Å². The van der Waals surface area contributed by atoms with Crippen LogP contribution in [0.3, 0.4) is 0 Å². The summed E-state index contributed by atoms with van der Waals surface area (Å²) in [7, 11) is 0. The second kappa shape index (κ2) is 2.66. The highest BCUT2D eigenvalue weighted by Crippen LogP contribution is 2.22. The molecule has 1 aliphatic rings. The molecular formula is C8H8FN.